The molecule has 1 aliphatic rings. The van der Waals surface area contributed by atoms with Gasteiger partial charge in [0.2, 0.25) is 10.0 Å². The number of aryl methyl sites for hydroxylation is 1. The minimum absolute atomic E-state index is 0.117. The predicted octanol–water partition coefficient (Wildman–Crippen LogP) is 0.797. The van der Waals surface area contributed by atoms with E-state index in [0.29, 0.717) is 11.4 Å². The molecule has 0 atom stereocenters. The fourth-order valence-electron chi connectivity index (χ4n) is 1.95. The molecule has 0 unspecified atom stereocenters. The van der Waals surface area contributed by atoms with Crippen LogP contribution in [0.5, 0.6) is 0 Å². The Balaban J connectivity index is 2.22. The van der Waals surface area contributed by atoms with Gasteiger partial charge in [-0.2, -0.15) is 0 Å². The van der Waals surface area contributed by atoms with E-state index in [2.05, 4.69) is 4.72 Å². The molecule has 1 fully saturated rings. The topological polar surface area (TPSA) is 77.1 Å². The Bertz CT molecular complexity index is 467. The molecule has 0 aliphatic heterocycles. The van der Waals surface area contributed by atoms with E-state index in [1.54, 1.807) is 12.3 Å². The normalized spacial score (nSPS) is 17.1. The van der Waals surface area contributed by atoms with Gasteiger partial charge in [0.1, 0.15) is 0 Å². The molecule has 2 rings (SSSR count). The van der Waals surface area contributed by atoms with Crippen molar-refractivity contribution in [3.8, 4) is 0 Å². The van der Waals surface area contributed by atoms with Crippen LogP contribution in [-0.2, 0) is 23.1 Å². The van der Waals surface area contributed by atoms with Crippen molar-refractivity contribution < 1.29 is 8.42 Å². The number of nitrogens with two attached hydrogens (primary N) is 1. The van der Waals surface area contributed by atoms with Crippen LogP contribution in [0.4, 0.5) is 0 Å². The summed E-state index contributed by atoms with van der Waals surface area (Å²) in [7, 11) is -3.37. The molecule has 3 N–H and O–H groups in total. The van der Waals surface area contributed by atoms with E-state index in [1.807, 2.05) is 11.5 Å². The summed E-state index contributed by atoms with van der Waals surface area (Å²) < 4.78 is 28.7. The van der Waals surface area contributed by atoms with Crippen molar-refractivity contribution in [3.63, 3.8) is 0 Å². The highest BCUT2D eigenvalue weighted by Gasteiger charge is 2.25. The Morgan fingerprint density at radius 3 is 2.65 bits per heavy atom. The van der Waals surface area contributed by atoms with Crippen molar-refractivity contribution in [2.45, 2.75) is 50.2 Å². The van der Waals surface area contributed by atoms with Gasteiger partial charge in [-0.3, -0.25) is 0 Å². The maximum atomic E-state index is 12.1. The number of hydrogen-bond donors (Lipinski definition) is 2. The summed E-state index contributed by atoms with van der Waals surface area (Å²) in [4.78, 5) is 0.326. The highest BCUT2D eigenvalue weighted by molar-refractivity contribution is 7.89. The van der Waals surface area contributed by atoms with Crippen LogP contribution in [0.2, 0.25) is 0 Å². The van der Waals surface area contributed by atoms with Crippen LogP contribution >= 0.6 is 0 Å². The molecule has 1 heterocycles. The molecule has 5 nitrogen and oxygen atoms in total. The monoisotopic (exact) mass is 257 g/mol. The minimum Gasteiger partial charge on any atom is -0.349 e. The Labute approximate surface area is 102 Å². The van der Waals surface area contributed by atoms with Gasteiger partial charge < -0.3 is 10.3 Å². The van der Waals surface area contributed by atoms with E-state index >= 15 is 0 Å². The zero-order valence-corrected chi connectivity index (χ0v) is 10.8. The van der Waals surface area contributed by atoms with Gasteiger partial charge in [-0.1, -0.05) is 6.42 Å². The lowest BCUT2D eigenvalue weighted by Gasteiger charge is -2.25. The average molecular weight is 257 g/mol. The number of nitrogens with zero attached hydrogens (tertiary/aromatic N) is 1. The lowest BCUT2D eigenvalue weighted by atomic mass is 9.94. The molecule has 1 aromatic rings. The summed E-state index contributed by atoms with van der Waals surface area (Å²) in [5.74, 6) is 0. The summed E-state index contributed by atoms with van der Waals surface area (Å²) in [5, 5.41) is 0. The van der Waals surface area contributed by atoms with E-state index in [0.717, 1.165) is 31.5 Å². The molecular weight excluding hydrogens is 238 g/mol. The van der Waals surface area contributed by atoms with E-state index < -0.39 is 10.0 Å². The third-order valence-corrected chi connectivity index (χ3v) is 4.74. The number of hydrogen-bond acceptors (Lipinski definition) is 3. The molecule has 0 saturated heterocycles. The van der Waals surface area contributed by atoms with Crippen molar-refractivity contribution in [2.24, 2.45) is 5.73 Å². The van der Waals surface area contributed by atoms with E-state index in [1.165, 1.54) is 0 Å². The predicted molar refractivity (Wildman–Crippen MR) is 66.0 cm³/mol. The molecule has 1 saturated carbocycles. The molecule has 0 radical (unpaired) electrons. The van der Waals surface area contributed by atoms with Gasteiger partial charge in [0.05, 0.1) is 4.90 Å². The summed E-state index contributed by atoms with van der Waals surface area (Å²) in [5.41, 5.74) is 6.43. The number of nitrogens with one attached hydrogen (secondary N) is 1. The summed E-state index contributed by atoms with van der Waals surface area (Å²) >= 11 is 0. The highest BCUT2D eigenvalue weighted by Crippen LogP contribution is 2.22. The third kappa shape index (κ3) is 2.53. The van der Waals surface area contributed by atoms with Crippen molar-refractivity contribution in [1.29, 1.82) is 0 Å². The quantitative estimate of drug-likeness (QED) is 0.819. The van der Waals surface area contributed by atoms with Crippen LogP contribution in [0.1, 0.15) is 31.9 Å². The first kappa shape index (κ1) is 12.6. The zero-order valence-electron chi connectivity index (χ0n) is 10.0. The molecule has 1 aromatic heterocycles. The van der Waals surface area contributed by atoms with Crippen LogP contribution in [0, 0.1) is 0 Å². The van der Waals surface area contributed by atoms with Crippen LogP contribution in [0.15, 0.2) is 17.2 Å². The molecule has 1 aliphatic carbocycles. The fraction of sp³-hybridized carbons (Fsp3) is 0.636. The summed E-state index contributed by atoms with van der Waals surface area (Å²) in [6.45, 7) is 3.05. The Kier molecular flexibility index (Phi) is 3.56. The zero-order chi connectivity index (χ0) is 12.5. The number of aromatic nitrogens is 1. The van der Waals surface area contributed by atoms with Gasteiger partial charge in [-0.05, 0) is 25.8 Å². The fourth-order valence-corrected chi connectivity index (χ4v) is 3.32. The van der Waals surface area contributed by atoms with Crippen molar-refractivity contribution in [1.82, 2.24) is 9.29 Å². The Morgan fingerprint density at radius 1 is 1.53 bits per heavy atom. The molecule has 6 heteroatoms. The Morgan fingerprint density at radius 2 is 2.24 bits per heavy atom. The maximum absolute atomic E-state index is 12.1. The largest absolute Gasteiger partial charge is 0.349 e. The van der Waals surface area contributed by atoms with Crippen molar-refractivity contribution >= 4 is 10.0 Å². The SMILES string of the molecule is CCn1cc(S(=O)(=O)NC2CCC2)cc1CN. The lowest BCUT2D eigenvalue weighted by molar-refractivity contribution is 0.383. The van der Waals surface area contributed by atoms with Gasteiger partial charge in [-0.15, -0.1) is 0 Å². The lowest BCUT2D eigenvalue weighted by Crippen LogP contribution is -2.39. The third-order valence-electron chi connectivity index (χ3n) is 3.25. The second-order valence-corrected chi connectivity index (χ2v) is 6.12. The minimum atomic E-state index is -3.37. The van der Waals surface area contributed by atoms with E-state index in [4.69, 9.17) is 5.73 Å². The van der Waals surface area contributed by atoms with Gasteiger partial charge in [0, 0.05) is 31.0 Å². The standard InChI is InChI=1S/C11H19N3O2S/c1-2-14-8-11(6-10(14)7-12)17(15,16)13-9-4-3-5-9/h6,8-9,13H,2-5,7,12H2,1H3. The first-order valence-corrected chi connectivity index (χ1v) is 7.46. The van der Waals surface area contributed by atoms with E-state index in [-0.39, 0.29) is 6.04 Å². The second-order valence-electron chi connectivity index (χ2n) is 4.41. The van der Waals surface area contributed by atoms with Crippen LogP contribution < -0.4 is 10.5 Å². The average Bonchev–Trinajstić information content (AvgIpc) is 2.67. The smallest absolute Gasteiger partial charge is 0.242 e. The summed E-state index contributed by atoms with van der Waals surface area (Å²) in [6, 6.07) is 1.77. The van der Waals surface area contributed by atoms with Crippen molar-refractivity contribution in [3.05, 3.63) is 18.0 Å². The molecule has 96 valence electrons. The van der Waals surface area contributed by atoms with Gasteiger partial charge in [0.15, 0.2) is 0 Å². The molecule has 0 aromatic carbocycles. The number of rotatable bonds is 5. The van der Waals surface area contributed by atoms with Crippen LogP contribution in [0.3, 0.4) is 0 Å². The summed E-state index contributed by atoms with van der Waals surface area (Å²) in [6.07, 6.45) is 4.65. The maximum Gasteiger partial charge on any atom is 0.242 e. The first-order chi connectivity index (χ1) is 8.06. The molecule has 0 amide bonds. The molecule has 0 spiro atoms. The number of sulfonamides is 1. The van der Waals surface area contributed by atoms with Crippen molar-refractivity contribution in [2.75, 3.05) is 0 Å². The molecule has 0 bridgehead atoms. The highest BCUT2D eigenvalue weighted by atomic mass is 32.2. The first-order valence-electron chi connectivity index (χ1n) is 5.98. The van der Waals surface area contributed by atoms with Gasteiger partial charge in [0.25, 0.3) is 0 Å². The van der Waals surface area contributed by atoms with Crippen LogP contribution in [0.25, 0.3) is 0 Å². The van der Waals surface area contributed by atoms with E-state index in [9.17, 15) is 8.42 Å². The molecule has 17 heavy (non-hydrogen) atoms. The molecular formula is C11H19N3O2S. The Hall–Kier alpha value is -0.850. The van der Waals surface area contributed by atoms with Gasteiger partial charge >= 0.3 is 0 Å². The second kappa shape index (κ2) is 4.80. The van der Waals surface area contributed by atoms with Gasteiger partial charge in [-0.25, -0.2) is 13.1 Å². The van der Waals surface area contributed by atoms with Crippen LogP contribution in [-0.4, -0.2) is 19.0 Å².